The fourth-order valence-electron chi connectivity index (χ4n) is 2.02. The van der Waals surface area contributed by atoms with Crippen LogP contribution in [0, 0.1) is 17.6 Å². The predicted octanol–water partition coefficient (Wildman–Crippen LogP) is 1.24. The molecule has 1 N–H and O–H groups in total. The number of amides is 1. The number of carbonyl (C=O) groups excluding carboxylic acids is 1. The molecule has 0 bridgehead atoms. The number of hydrogen-bond acceptors (Lipinski definition) is 4. The normalized spacial score (nSPS) is 21.3. The van der Waals surface area contributed by atoms with Crippen LogP contribution < -0.4 is 5.43 Å². The van der Waals surface area contributed by atoms with E-state index in [1.54, 1.807) is 0 Å². The zero-order valence-corrected chi connectivity index (χ0v) is 12.1. The lowest BCUT2D eigenvalue weighted by Crippen LogP contribution is -2.28. The summed E-state index contributed by atoms with van der Waals surface area (Å²) in [5.74, 6) is -3.26. The Balaban J connectivity index is 2.03. The highest BCUT2D eigenvalue weighted by Crippen LogP contribution is 2.18. The third-order valence-electron chi connectivity index (χ3n) is 3.27. The quantitative estimate of drug-likeness (QED) is 0.673. The summed E-state index contributed by atoms with van der Waals surface area (Å²) in [5.41, 5.74) is 2.88. The molecule has 0 radical (unpaired) electrons. The monoisotopic (exact) mass is 316 g/mol. The van der Waals surface area contributed by atoms with Crippen LogP contribution in [0.1, 0.15) is 18.9 Å². The van der Waals surface area contributed by atoms with Crippen LogP contribution in [0.25, 0.3) is 0 Å². The predicted molar refractivity (Wildman–Crippen MR) is 73.5 cm³/mol. The molecule has 1 aliphatic rings. The average Bonchev–Trinajstić information content (AvgIpc) is 2.79. The number of rotatable bonds is 3. The second-order valence-electron chi connectivity index (χ2n) is 4.90. The molecular weight excluding hydrogens is 302 g/mol. The number of benzene rings is 1. The molecule has 1 aromatic carbocycles. The van der Waals surface area contributed by atoms with Gasteiger partial charge in [0.2, 0.25) is 5.91 Å². The van der Waals surface area contributed by atoms with Crippen LogP contribution in [0.2, 0.25) is 0 Å². The van der Waals surface area contributed by atoms with Crippen molar-refractivity contribution in [3.05, 3.63) is 35.4 Å². The Kier molecular flexibility index (Phi) is 4.36. The first-order valence-electron chi connectivity index (χ1n) is 6.28. The second kappa shape index (κ2) is 5.88. The molecular formula is C13H14F2N2O3S. The second-order valence-corrected chi connectivity index (χ2v) is 7.13. The van der Waals surface area contributed by atoms with Crippen molar-refractivity contribution in [2.75, 3.05) is 11.5 Å². The van der Waals surface area contributed by atoms with Crippen molar-refractivity contribution in [3.8, 4) is 0 Å². The molecule has 1 atom stereocenters. The number of nitrogens with zero attached hydrogens (tertiary/aromatic N) is 1. The zero-order valence-electron chi connectivity index (χ0n) is 11.3. The number of hydrazone groups is 1. The van der Waals surface area contributed by atoms with Gasteiger partial charge in [-0.3, -0.25) is 4.79 Å². The van der Waals surface area contributed by atoms with E-state index in [0.29, 0.717) is 11.3 Å². The summed E-state index contributed by atoms with van der Waals surface area (Å²) >= 11 is 0. The molecule has 1 heterocycles. The topological polar surface area (TPSA) is 75.6 Å². The van der Waals surface area contributed by atoms with E-state index in [4.69, 9.17) is 0 Å². The molecule has 0 aliphatic carbocycles. The Morgan fingerprint density at radius 1 is 1.33 bits per heavy atom. The van der Waals surface area contributed by atoms with Crippen molar-refractivity contribution < 1.29 is 22.0 Å². The van der Waals surface area contributed by atoms with Crippen molar-refractivity contribution in [1.29, 1.82) is 0 Å². The molecule has 2 rings (SSSR count). The van der Waals surface area contributed by atoms with Crippen LogP contribution in [-0.4, -0.2) is 31.5 Å². The summed E-state index contributed by atoms with van der Waals surface area (Å²) < 4.78 is 48.5. The lowest BCUT2D eigenvalue weighted by molar-refractivity contribution is -0.124. The summed E-state index contributed by atoms with van der Waals surface area (Å²) in [7, 11) is -3.14. The molecule has 1 aliphatic heterocycles. The number of nitrogens with one attached hydrogen (secondary N) is 1. The van der Waals surface area contributed by atoms with Gasteiger partial charge in [0.25, 0.3) is 0 Å². The minimum atomic E-state index is -3.14. The number of sulfone groups is 1. The Labute approximate surface area is 121 Å². The van der Waals surface area contributed by atoms with E-state index in [0.717, 1.165) is 12.1 Å². The summed E-state index contributed by atoms with van der Waals surface area (Å²) in [6.07, 6.45) is 0.272. The summed E-state index contributed by atoms with van der Waals surface area (Å²) in [4.78, 5) is 11.8. The first-order chi connectivity index (χ1) is 9.78. The summed E-state index contributed by atoms with van der Waals surface area (Å²) in [6.45, 7) is 1.53. The van der Waals surface area contributed by atoms with Crippen LogP contribution in [0.15, 0.2) is 23.3 Å². The zero-order chi connectivity index (χ0) is 15.6. The van der Waals surface area contributed by atoms with Gasteiger partial charge in [0.15, 0.2) is 21.5 Å². The highest BCUT2D eigenvalue weighted by Gasteiger charge is 2.32. The van der Waals surface area contributed by atoms with Gasteiger partial charge < -0.3 is 0 Å². The SMILES string of the molecule is C/C(=N/NC(=O)[C@H]1CCS(=O)(=O)C1)c1ccc(F)c(F)c1. The maximum atomic E-state index is 13.1. The Bertz CT molecular complexity index is 701. The van der Waals surface area contributed by atoms with Crippen molar-refractivity contribution in [3.63, 3.8) is 0 Å². The van der Waals surface area contributed by atoms with E-state index in [9.17, 15) is 22.0 Å². The standard InChI is InChI=1S/C13H14F2N2O3S/c1-8(9-2-3-11(14)12(15)6-9)16-17-13(18)10-4-5-21(19,20)7-10/h2-3,6,10H,4-5,7H2,1H3,(H,17,18)/b16-8-/t10-/m0/s1. The molecule has 0 spiro atoms. The number of halogens is 2. The van der Waals surface area contributed by atoms with Gasteiger partial charge in [-0.15, -0.1) is 0 Å². The van der Waals surface area contributed by atoms with Crippen LogP contribution in [-0.2, 0) is 14.6 Å². The molecule has 21 heavy (non-hydrogen) atoms. The summed E-state index contributed by atoms with van der Waals surface area (Å²) in [6, 6.07) is 3.28. The largest absolute Gasteiger partial charge is 0.273 e. The fourth-order valence-corrected chi connectivity index (χ4v) is 3.76. The van der Waals surface area contributed by atoms with E-state index in [1.807, 2.05) is 0 Å². The average molecular weight is 316 g/mol. The molecule has 0 unspecified atom stereocenters. The van der Waals surface area contributed by atoms with Crippen LogP contribution in [0.3, 0.4) is 0 Å². The summed E-state index contributed by atoms with van der Waals surface area (Å²) in [5, 5.41) is 3.79. The molecule has 5 nitrogen and oxygen atoms in total. The minimum Gasteiger partial charge on any atom is -0.273 e. The van der Waals surface area contributed by atoms with Gasteiger partial charge in [0.1, 0.15) is 0 Å². The van der Waals surface area contributed by atoms with Gasteiger partial charge in [-0.25, -0.2) is 22.6 Å². The van der Waals surface area contributed by atoms with Crippen molar-refractivity contribution in [1.82, 2.24) is 5.43 Å². The first-order valence-corrected chi connectivity index (χ1v) is 8.10. The third kappa shape index (κ3) is 3.84. The van der Waals surface area contributed by atoms with Gasteiger partial charge in [0.05, 0.1) is 23.1 Å². The Hall–Kier alpha value is -1.83. The highest BCUT2D eigenvalue weighted by atomic mass is 32.2. The van der Waals surface area contributed by atoms with Crippen molar-refractivity contribution in [2.24, 2.45) is 11.0 Å². The van der Waals surface area contributed by atoms with E-state index < -0.39 is 33.3 Å². The molecule has 114 valence electrons. The number of carbonyl (C=O) groups is 1. The molecule has 0 aromatic heterocycles. The Morgan fingerprint density at radius 2 is 2.05 bits per heavy atom. The molecule has 1 amide bonds. The Morgan fingerprint density at radius 3 is 2.62 bits per heavy atom. The lowest BCUT2D eigenvalue weighted by Gasteiger charge is -2.07. The number of hydrogen-bond donors (Lipinski definition) is 1. The fraction of sp³-hybridized carbons (Fsp3) is 0.385. The van der Waals surface area contributed by atoms with E-state index >= 15 is 0 Å². The lowest BCUT2D eigenvalue weighted by atomic mass is 10.1. The van der Waals surface area contributed by atoms with E-state index in [-0.39, 0.29) is 17.9 Å². The first kappa shape index (κ1) is 15.6. The van der Waals surface area contributed by atoms with E-state index in [1.165, 1.54) is 13.0 Å². The van der Waals surface area contributed by atoms with E-state index in [2.05, 4.69) is 10.5 Å². The van der Waals surface area contributed by atoms with Crippen LogP contribution in [0.5, 0.6) is 0 Å². The molecule has 1 fully saturated rings. The molecule has 1 saturated heterocycles. The molecule has 1 aromatic rings. The van der Waals surface area contributed by atoms with Gasteiger partial charge in [0, 0.05) is 5.56 Å². The molecule has 8 heteroatoms. The van der Waals surface area contributed by atoms with Gasteiger partial charge in [-0.2, -0.15) is 5.10 Å². The smallest absolute Gasteiger partial charge is 0.244 e. The van der Waals surface area contributed by atoms with Gasteiger partial charge in [-0.05, 0) is 31.5 Å². The van der Waals surface area contributed by atoms with Crippen molar-refractivity contribution in [2.45, 2.75) is 13.3 Å². The van der Waals surface area contributed by atoms with Crippen molar-refractivity contribution >= 4 is 21.5 Å². The van der Waals surface area contributed by atoms with Gasteiger partial charge in [-0.1, -0.05) is 0 Å². The third-order valence-corrected chi connectivity index (χ3v) is 5.04. The molecule has 0 saturated carbocycles. The minimum absolute atomic E-state index is 0.00302. The van der Waals surface area contributed by atoms with Crippen LogP contribution >= 0.6 is 0 Å². The maximum Gasteiger partial charge on any atom is 0.244 e. The van der Waals surface area contributed by atoms with Crippen LogP contribution in [0.4, 0.5) is 8.78 Å². The maximum absolute atomic E-state index is 13.1. The van der Waals surface area contributed by atoms with Gasteiger partial charge >= 0.3 is 0 Å². The highest BCUT2D eigenvalue weighted by molar-refractivity contribution is 7.91.